The van der Waals surface area contributed by atoms with Crippen LogP contribution in [0.2, 0.25) is 5.02 Å². The molecule has 1 amide bonds. The molecule has 0 spiro atoms. The largest absolute Gasteiger partial charge is 0.507 e. The number of rotatable bonds is 8. The number of ether oxygens (including phenoxy) is 4. The van der Waals surface area contributed by atoms with Crippen LogP contribution in [0.3, 0.4) is 0 Å². The standard InChI is InChI=1S/C23H24ClNO7/c1-29-9-8-25-20(13-6-5-7-14(10-13)30-2)19(22(27)23(25)28)21(26)15-11-16(24)18(32-4)12-17(15)31-3/h5-7,10-12,20,26H,8-9H2,1-4H3/b21-19+. The van der Waals surface area contributed by atoms with Crippen LogP contribution in [0.5, 0.6) is 17.2 Å². The predicted octanol–water partition coefficient (Wildman–Crippen LogP) is 3.43. The number of methoxy groups -OCH3 is 4. The van der Waals surface area contributed by atoms with Crippen molar-refractivity contribution in [3.05, 3.63) is 58.1 Å². The molecule has 0 radical (unpaired) electrons. The fourth-order valence-corrected chi connectivity index (χ4v) is 3.89. The van der Waals surface area contributed by atoms with E-state index in [4.69, 9.17) is 30.5 Å². The Morgan fingerprint density at radius 1 is 1.03 bits per heavy atom. The van der Waals surface area contributed by atoms with Crippen molar-refractivity contribution in [1.82, 2.24) is 4.90 Å². The molecule has 2 aromatic carbocycles. The van der Waals surface area contributed by atoms with Crippen LogP contribution in [-0.4, -0.2) is 63.3 Å². The molecule has 32 heavy (non-hydrogen) atoms. The second-order valence-electron chi connectivity index (χ2n) is 6.95. The van der Waals surface area contributed by atoms with E-state index in [-0.39, 0.29) is 35.1 Å². The fourth-order valence-electron chi connectivity index (χ4n) is 3.65. The summed E-state index contributed by atoms with van der Waals surface area (Å²) in [4.78, 5) is 27.3. The first kappa shape index (κ1) is 23.4. The molecule has 1 unspecified atom stereocenters. The molecule has 0 saturated carbocycles. The molecule has 8 nitrogen and oxygen atoms in total. The summed E-state index contributed by atoms with van der Waals surface area (Å²) in [6.07, 6.45) is 0. The summed E-state index contributed by atoms with van der Waals surface area (Å²) in [5, 5.41) is 11.5. The monoisotopic (exact) mass is 461 g/mol. The lowest BCUT2D eigenvalue weighted by Gasteiger charge is -2.25. The number of benzene rings is 2. The normalized spacial score (nSPS) is 17.5. The number of Topliss-reactive ketones (excluding diaryl/α,β-unsaturated/α-hetero) is 1. The second kappa shape index (κ2) is 9.93. The van der Waals surface area contributed by atoms with E-state index in [0.29, 0.717) is 17.1 Å². The van der Waals surface area contributed by atoms with Crippen LogP contribution < -0.4 is 14.2 Å². The van der Waals surface area contributed by atoms with Gasteiger partial charge in [0.1, 0.15) is 23.0 Å². The first-order valence-electron chi connectivity index (χ1n) is 9.71. The van der Waals surface area contributed by atoms with Gasteiger partial charge in [0.25, 0.3) is 11.7 Å². The molecule has 1 fully saturated rings. The lowest BCUT2D eigenvalue weighted by atomic mass is 9.94. The number of ketones is 1. The number of aliphatic hydroxyl groups excluding tert-OH is 1. The Labute approximate surface area is 190 Å². The van der Waals surface area contributed by atoms with Crippen LogP contribution in [-0.2, 0) is 14.3 Å². The highest BCUT2D eigenvalue weighted by Crippen LogP contribution is 2.43. The molecule has 0 bridgehead atoms. The summed E-state index contributed by atoms with van der Waals surface area (Å²) >= 11 is 6.25. The Kier molecular flexibility index (Phi) is 7.27. The maximum Gasteiger partial charge on any atom is 0.295 e. The highest BCUT2D eigenvalue weighted by Gasteiger charge is 2.46. The third-order valence-corrected chi connectivity index (χ3v) is 5.51. The van der Waals surface area contributed by atoms with E-state index in [2.05, 4.69) is 0 Å². The van der Waals surface area contributed by atoms with Crippen LogP contribution in [0, 0.1) is 0 Å². The van der Waals surface area contributed by atoms with Crippen molar-refractivity contribution in [2.24, 2.45) is 0 Å². The third-order valence-electron chi connectivity index (χ3n) is 5.21. The average Bonchev–Trinajstić information content (AvgIpc) is 3.06. The molecule has 1 aliphatic heterocycles. The van der Waals surface area contributed by atoms with E-state index >= 15 is 0 Å². The number of hydrogen-bond acceptors (Lipinski definition) is 7. The summed E-state index contributed by atoms with van der Waals surface area (Å²) in [6, 6.07) is 9.03. The minimum atomic E-state index is -0.856. The van der Waals surface area contributed by atoms with E-state index in [1.54, 1.807) is 24.3 Å². The van der Waals surface area contributed by atoms with Crippen LogP contribution in [0.15, 0.2) is 42.0 Å². The molecule has 1 saturated heterocycles. The number of hydrogen-bond donors (Lipinski definition) is 1. The predicted molar refractivity (Wildman–Crippen MR) is 118 cm³/mol. The van der Waals surface area contributed by atoms with Crippen LogP contribution in [0.25, 0.3) is 5.76 Å². The Hall–Kier alpha value is -3.23. The third kappa shape index (κ3) is 4.24. The number of aliphatic hydroxyl groups is 1. The summed E-state index contributed by atoms with van der Waals surface area (Å²) in [5.41, 5.74) is 0.676. The molecule has 9 heteroatoms. The lowest BCUT2D eigenvalue weighted by molar-refractivity contribution is -0.140. The zero-order chi connectivity index (χ0) is 23.4. The first-order valence-corrected chi connectivity index (χ1v) is 10.1. The van der Waals surface area contributed by atoms with Crippen molar-refractivity contribution >= 4 is 29.1 Å². The molecule has 1 atom stereocenters. The SMILES string of the molecule is COCCN1C(=O)C(=O)/C(=C(/O)c2cc(Cl)c(OC)cc2OC)C1c1cccc(OC)c1. The van der Waals surface area contributed by atoms with Gasteiger partial charge in [-0.2, -0.15) is 0 Å². The maximum atomic E-state index is 13.1. The summed E-state index contributed by atoms with van der Waals surface area (Å²) in [7, 11) is 5.88. The highest BCUT2D eigenvalue weighted by molar-refractivity contribution is 6.46. The van der Waals surface area contributed by atoms with Gasteiger partial charge >= 0.3 is 0 Å². The van der Waals surface area contributed by atoms with Crippen molar-refractivity contribution in [3.63, 3.8) is 0 Å². The molecular weight excluding hydrogens is 438 g/mol. The van der Waals surface area contributed by atoms with E-state index in [1.807, 2.05) is 0 Å². The van der Waals surface area contributed by atoms with Crippen molar-refractivity contribution < 1.29 is 33.6 Å². The van der Waals surface area contributed by atoms with Crippen molar-refractivity contribution in [1.29, 1.82) is 0 Å². The quantitative estimate of drug-likeness (QED) is 0.365. The number of carbonyl (C=O) groups is 2. The zero-order valence-corrected chi connectivity index (χ0v) is 18.9. The van der Waals surface area contributed by atoms with Gasteiger partial charge in [0.15, 0.2) is 0 Å². The minimum absolute atomic E-state index is 0.0844. The molecule has 1 N–H and O–H groups in total. The molecular formula is C23H24ClNO7. The average molecular weight is 462 g/mol. The summed E-state index contributed by atoms with van der Waals surface area (Å²) in [6.45, 7) is 0.367. The van der Waals surface area contributed by atoms with Crippen LogP contribution >= 0.6 is 11.6 Å². The Morgan fingerprint density at radius 2 is 1.75 bits per heavy atom. The minimum Gasteiger partial charge on any atom is -0.507 e. The van der Waals surface area contributed by atoms with Gasteiger partial charge in [-0.1, -0.05) is 23.7 Å². The van der Waals surface area contributed by atoms with E-state index in [1.165, 1.54) is 45.5 Å². The van der Waals surface area contributed by atoms with Gasteiger partial charge in [0.2, 0.25) is 0 Å². The van der Waals surface area contributed by atoms with E-state index < -0.39 is 23.5 Å². The summed E-state index contributed by atoms with van der Waals surface area (Å²) in [5.74, 6) is -0.848. The van der Waals surface area contributed by atoms with Gasteiger partial charge in [-0.05, 0) is 23.8 Å². The second-order valence-corrected chi connectivity index (χ2v) is 7.36. The molecule has 1 aliphatic rings. The highest BCUT2D eigenvalue weighted by atomic mass is 35.5. The van der Waals surface area contributed by atoms with E-state index in [9.17, 15) is 14.7 Å². The summed E-state index contributed by atoms with van der Waals surface area (Å²) < 4.78 is 21.0. The zero-order valence-electron chi connectivity index (χ0n) is 18.2. The van der Waals surface area contributed by atoms with Gasteiger partial charge < -0.3 is 29.0 Å². The van der Waals surface area contributed by atoms with Gasteiger partial charge in [-0.25, -0.2) is 0 Å². The van der Waals surface area contributed by atoms with Gasteiger partial charge in [0.05, 0.1) is 50.1 Å². The van der Waals surface area contributed by atoms with Crippen LogP contribution in [0.4, 0.5) is 0 Å². The topological polar surface area (TPSA) is 94.5 Å². The maximum absolute atomic E-state index is 13.1. The van der Waals surface area contributed by atoms with E-state index in [0.717, 1.165) is 0 Å². The molecule has 1 heterocycles. The Balaban J connectivity index is 2.25. The number of amides is 1. The van der Waals surface area contributed by atoms with Crippen molar-refractivity contribution in [3.8, 4) is 17.2 Å². The molecule has 3 rings (SSSR count). The number of nitrogens with zero attached hydrogens (tertiary/aromatic N) is 1. The Bertz CT molecular complexity index is 1070. The van der Waals surface area contributed by atoms with Gasteiger partial charge in [-0.15, -0.1) is 0 Å². The first-order chi connectivity index (χ1) is 15.4. The molecule has 2 aromatic rings. The number of likely N-dealkylation sites (tertiary alicyclic amines) is 1. The molecule has 0 aliphatic carbocycles. The lowest BCUT2D eigenvalue weighted by Crippen LogP contribution is -2.32. The van der Waals surface area contributed by atoms with Gasteiger partial charge in [0, 0.05) is 19.7 Å². The number of carbonyl (C=O) groups excluding carboxylic acids is 2. The fraction of sp³-hybridized carbons (Fsp3) is 0.304. The van der Waals surface area contributed by atoms with Crippen molar-refractivity contribution in [2.45, 2.75) is 6.04 Å². The molecule has 170 valence electrons. The van der Waals surface area contributed by atoms with Crippen molar-refractivity contribution in [2.75, 3.05) is 41.6 Å². The van der Waals surface area contributed by atoms with Gasteiger partial charge in [-0.3, -0.25) is 9.59 Å². The smallest absolute Gasteiger partial charge is 0.295 e. The number of halogens is 1. The molecule has 0 aromatic heterocycles. The van der Waals surface area contributed by atoms with Crippen LogP contribution in [0.1, 0.15) is 17.2 Å². The Morgan fingerprint density at radius 3 is 2.38 bits per heavy atom.